The molecule has 2 aliphatic rings. The highest BCUT2D eigenvalue weighted by molar-refractivity contribution is 5.78. The third-order valence-electron chi connectivity index (χ3n) is 6.32. The average molecular weight is 414 g/mol. The first-order valence-corrected chi connectivity index (χ1v) is 10.7. The molecule has 0 aromatic heterocycles. The molecule has 0 atom stereocenters. The van der Waals surface area contributed by atoms with Crippen LogP contribution in [0.15, 0.2) is 36.4 Å². The third kappa shape index (κ3) is 4.40. The fourth-order valence-corrected chi connectivity index (χ4v) is 4.42. The molecular weight excluding hydrogens is 384 g/mol. The first-order chi connectivity index (χ1) is 14.4. The van der Waals surface area contributed by atoms with Gasteiger partial charge in [-0.2, -0.15) is 0 Å². The monoisotopic (exact) mass is 413 g/mol. The molecule has 4 rings (SSSR count). The number of hydrogen-bond donors (Lipinski definition) is 0. The number of amides is 1. The van der Waals surface area contributed by atoms with Gasteiger partial charge in [0.1, 0.15) is 0 Å². The summed E-state index contributed by atoms with van der Waals surface area (Å²) < 4.78 is 27.7. The number of halogens is 2. The van der Waals surface area contributed by atoms with E-state index in [-0.39, 0.29) is 11.5 Å². The Morgan fingerprint density at radius 1 is 1.00 bits per heavy atom. The van der Waals surface area contributed by atoms with Crippen molar-refractivity contribution in [3.8, 4) is 11.1 Å². The predicted octanol–water partition coefficient (Wildman–Crippen LogP) is 3.54. The highest BCUT2D eigenvalue weighted by atomic mass is 19.2. The first kappa shape index (κ1) is 20.9. The molecule has 1 fully saturated rings. The van der Waals surface area contributed by atoms with Crippen LogP contribution in [0.4, 0.5) is 8.78 Å². The number of piperazine rings is 1. The summed E-state index contributed by atoms with van der Waals surface area (Å²) in [5, 5.41) is 0. The molecule has 2 aromatic rings. The minimum atomic E-state index is -0.830. The van der Waals surface area contributed by atoms with Gasteiger partial charge in [0.05, 0.1) is 6.54 Å². The normalized spacial score (nSPS) is 18.0. The van der Waals surface area contributed by atoms with Crippen molar-refractivity contribution in [1.29, 1.82) is 0 Å². The first-order valence-electron chi connectivity index (χ1n) is 10.7. The van der Waals surface area contributed by atoms with Crippen LogP contribution in [-0.2, 0) is 17.8 Å². The smallest absolute Gasteiger partial charge is 0.236 e. The summed E-state index contributed by atoms with van der Waals surface area (Å²) in [5.41, 5.74) is 3.28. The van der Waals surface area contributed by atoms with E-state index >= 15 is 0 Å². The van der Waals surface area contributed by atoms with Gasteiger partial charge in [0.15, 0.2) is 11.6 Å². The summed E-state index contributed by atoms with van der Waals surface area (Å²) >= 11 is 0. The van der Waals surface area contributed by atoms with Gasteiger partial charge in [-0.25, -0.2) is 8.78 Å². The van der Waals surface area contributed by atoms with Crippen LogP contribution in [0.1, 0.15) is 25.0 Å². The second-order valence-corrected chi connectivity index (χ2v) is 8.56. The van der Waals surface area contributed by atoms with Gasteiger partial charge in [-0.1, -0.05) is 30.3 Å². The number of benzene rings is 2. The number of carbonyl (C=O) groups is 1. The number of fused-ring (bicyclic) bond motifs is 1. The predicted molar refractivity (Wildman–Crippen MR) is 114 cm³/mol. The minimum absolute atomic E-state index is 0.195. The third-order valence-corrected chi connectivity index (χ3v) is 6.32. The highest BCUT2D eigenvalue weighted by Gasteiger charge is 2.25. The van der Waals surface area contributed by atoms with Gasteiger partial charge in [0.25, 0.3) is 0 Å². The van der Waals surface area contributed by atoms with Crippen LogP contribution in [0, 0.1) is 11.6 Å². The zero-order valence-corrected chi connectivity index (χ0v) is 17.7. The Balaban J connectivity index is 1.38. The Bertz CT molecular complexity index is 923. The molecule has 2 aliphatic heterocycles. The molecule has 6 heteroatoms. The SMILES string of the molecule is CC(C)N1CCN(C(=O)CN2CCc3cc(-c4cccc(F)c4F)ccc3C2)CC1. The molecule has 1 saturated heterocycles. The van der Waals surface area contributed by atoms with E-state index in [9.17, 15) is 13.6 Å². The van der Waals surface area contributed by atoms with E-state index in [4.69, 9.17) is 0 Å². The molecule has 30 heavy (non-hydrogen) atoms. The highest BCUT2D eigenvalue weighted by Crippen LogP contribution is 2.29. The van der Waals surface area contributed by atoms with Gasteiger partial charge in [-0.05, 0) is 43.0 Å². The summed E-state index contributed by atoms with van der Waals surface area (Å²) in [6.07, 6.45) is 0.800. The van der Waals surface area contributed by atoms with Crippen molar-refractivity contribution in [2.24, 2.45) is 0 Å². The van der Waals surface area contributed by atoms with Crippen molar-refractivity contribution >= 4 is 5.91 Å². The van der Waals surface area contributed by atoms with E-state index in [2.05, 4.69) is 23.6 Å². The van der Waals surface area contributed by atoms with Gasteiger partial charge in [-0.15, -0.1) is 0 Å². The molecule has 0 saturated carbocycles. The molecule has 4 nitrogen and oxygen atoms in total. The molecule has 0 N–H and O–H groups in total. The molecule has 1 amide bonds. The van der Waals surface area contributed by atoms with Gasteiger partial charge >= 0.3 is 0 Å². The van der Waals surface area contributed by atoms with Crippen molar-refractivity contribution < 1.29 is 13.6 Å². The van der Waals surface area contributed by atoms with E-state index in [1.165, 1.54) is 6.07 Å². The quantitative estimate of drug-likeness (QED) is 0.767. The van der Waals surface area contributed by atoms with E-state index in [0.717, 1.165) is 56.3 Å². The fourth-order valence-electron chi connectivity index (χ4n) is 4.42. The zero-order chi connectivity index (χ0) is 21.3. The summed E-state index contributed by atoms with van der Waals surface area (Å²) in [5.74, 6) is -1.44. The Morgan fingerprint density at radius 2 is 1.77 bits per heavy atom. The number of nitrogens with zero attached hydrogens (tertiary/aromatic N) is 3. The number of hydrogen-bond acceptors (Lipinski definition) is 3. The van der Waals surface area contributed by atoms with Gasteiger partial charge in [0.2, 0.25) is 5.91 Å². The summed E-state index contributed by atoms with van der Waals surface area (Å²) in [4.78, 5) is 19.3. The van der Waals surface area contributed by atoms with E-state index < -0.39 is 11.6 Å². The molecule has 160 valence electrons. The summed E-state index contributed by atoms with van der Waals surface area (Å²) in [7, 11) is 0. The average Bonchev–Trinajstić information content (AvgIpc) is 2.75. The summed E-state index contributed by atoms with van der Waals surface area (Å²) in [6, 6.07) is 10.6. The van der Waals surface area contributed by atoms with Crippen LogP contribution in [0.2, 0.25) is 0 Å². The molecular formula is C24H29F2N3O. The zero-order valence-electron chi connectivity index (χ0n) is 17.7. The van der Waals surface area contributed by atoms with Crippen LogP contribution in [0.5, 0.6) is 0 Å². The minimum Gasteiger partial charge on any atom is -0.339 e. The van der Waals surface area contributed by atoms with E-state index in [1.807, 2.05) is 23.1 Å². The molecule has 0 spiro atoms. The number of carbonyl (C=O) groups excluding carboxylic acids is 1. The largest absolute Gasteiger partial charge is 0.339 e. The standard InChI is InChI=1S/C24H29F2N3O/c1-17(2)28-10-12-29(13-11-28)23(30)16-27-9-8-18-14-19(6-7-20(18)15-27)21-4-3-5-22(25)24(21)26/h3-7,14,17H,8-13,15-16H2,1-2H3. The van der Waals surface area contributed by atoms with Crippen molar-refractivity contribution in [1.82, 2.24) is 14.7 Å². The molecule has 0 aliphatic carbocycles. The molecule has 0 radical (unpaired) electrons. The Hall–Kier alpha value is -2.31. The maximum absolute atomic E-state index is 14.1. The van der Waals surface area contributed by atoms with Crippen molar-refractivity contribution in [3.05, 3.63) is 59.2 Å². The maximum Gasteiger partial charge on any atom is 0.236 e. The van der Waals surface area contributed by atoms with E-state index in [1.54, 1.807) is 6.07 Å². The van der Waals surface area contributed by atoms with Gasteiger partial charge in [0, 0.05) is 50.9 Å². The van der Waals surface area contributed by atoms with Crippen LogP contribution in [0.25, 0.3) is 11.1 Å². The Morgan fingerprint density at radius 3 is 2.50 bits per heavy atom. The second-order valence-electron chi connectivity index (χ2n) is 8.56. The molecule has 2 heterocycles. The van der Waals surface area contributed by atoms with Crippen molar-refractivity contribution in [2.45, 2.75) is 32.9 Å². The maximum atomic E-state index is 14.1. The van der Waals surface area contributed by atoms with Crippen LogP contribution >= 0.6 is 0 Å². The lowest BCUT2D eigenvalue weighted by Gasteiger charge is -2.38. The summed E-state index contributed by atoms with van der Waals surface area (Å²) in [6.45, 7) is 9.78. The fraction of sp³-hybridized carbons (Fsp3) is 0.458. The van der Waals surface area contributed by atoms with E-state index in [0.29, 0.717) is 24.7 Å². The number of rotatable bonds is 4. The van der Waals surface area contributed by atoms with Crippen LogP contribution in [0.3, 0.4) is 0 Å². The lowest BCUT2D eigenvalue weighted by Crippen LogP contribution is -2.53. The topological polar surface area (TPSA) is 26.8 Å². The molecule has 2 aromatic carbocycles. The molecule has 0 unspecified atom stereocenters. The van der Waals surface area contributed by atoms with Crippen molar-refractivity contribution in [2.75, 3.05) is 39.3 Å². The van der Waals surface area contributed by atoms with Gasteiger partial charge in [-0.3, -0.25) is 14.6 Å². The Labute approximate surface area is 177 Å². The molecule has 0 bridgehead atoms. The van der Waals surface area contributed by atoms with Gasteiger partial charge < -0.3 is 4.90 Å². The van der Waals surface area contributed by atoms with Crippen LogP contribution < -0.4 is 0 Å². The second kappa shape index (κ2) is 8.82. The van der Waals surface area contributed by atoms with Crippen molar-refractivity contribution in [3.63, 3.8) is 0 Å². The Kier molecular flexibility index (Phi) is 6.16. The lowest BCUT2D eigenvalue weighted by atomic mass is 9.94. The van der Waals surface area contributed by atoms with Crippen LogP contribution in [-0.4, -0.2) is 65.9 Å². The lowest BCUT2D eigenvalue weighted by molar-refractivity contribution is -0.134.